The monoisotopic (exact) mass is 245 g/mol. The van der Waals surface area contributed by atoms with E-state index in [-0.39, 0.29) is 5.91 Å². The van der Waals surface area contributed by atoms with Gasteiger partial charge in [0.1, 0.15) is 5.75 Å². The summed E-state index contributed by atoms with van der Waals surface area (Å²) in [6.07, 6.45) is 5.19. The Morgan fingerprint density at radius 3 is 2.78 bits per heavy atom. The molecule has 1 amide bonds. The van der Waals surface area contributed by atoms with E-state index in [1.165, 1.54) is 25.7 Å². The maximum atomic E-state index is 11.9. The first-order chi connectivity index (χ1) is 8.81. The maximum absolute atomic E-state index is 11.9. The van der Waals surface area contributed by atoms with Gasteiger partial charge in [-0.05, 0) is 30.9 Å². The molecule has 1 aromatic carbocycles. The first-order valence-electron chi connectivity index (χ1n) is 6.76. The second-order valence-electron chi connectivity index (χ2n) is 5.28. The van der Waals surface area contributed by atoms with Crippen LogP contribution in [0.2, 0.25) is 0 Å². The molecule has 96 valence electrons. The van der Waals surface area contributed by atoms with Crippen molar-refractivity contribution in [2.24, 2.45) is 5.92 Å². The number of carbonyl (C=O) groups is 1. The molecule has 0 aromatic heterocycles. The Labute approximate surface area is 108 Å². The lowest BCUT2D eigenvalue weighted by Crippen LogP contribution is -2.37. The molecule has 18 heavy (non-hydrogen) atoms. The average molecular weight is 245 g/mol. The van der Waals surface area contributed by atoms with Gasteiger partial charge in [0.25, 0.3) is 5.91 Å². The Bertz CT molecular complexity index is 464. The van der Waals surface area contributed by atoms with Crippen LogP contribution in [0.15, 0.2) is 18.2 Å². The van der Waals surface area contributed by atoms with Gasteiger partial charge < -0.3 is 10.1 Å². The highest BCUT2D eigenvalue weighted by Gasteiger charge is 2.34. The second-order valence-corrected chi connectivity index (χ2v) is 5.28. The lowest BCUT2D eigenvalue weighted by molar-refractivity contribution is 0.0933. The third-order valence-electron chi connectivity index (χ3n) is 4.35. The summed E-state index contributed by atoms with van der Waals surface area (Å²) in [7, 11) is 1.69. The summed E-state index contributed by atoms with van der Waals surface area (Å²) >= 11 is 0. The van der Waals surface area contributed by atoms with Crippen LogP contribution in [-0.2, 0) is 0 Å². The van der Waals surface area contributed by atoms with Gasteiger partial charge in [0.05, 0.1) is 7.11 Å². The molecule has 2 aliphatic rings. The summed E-state index contributed by atoms with van der Waals surface area (Å²) in [5.74, 6) is 2.04. The SMILES string of the molecule is COc1cccc2c1C(C1CCCC1)CNC2=O. The molecule has 1 heterocycles. The highest BCUT2D eigenvalue weighted by molar-refractivity contribution is 5.97. The van der Waals surface area contributed by atoms with Gasteiger partial charge in [-0.3, -0.25) is 4.79 Å². The lowest BCUT2D eigenvalue weighted by Gasteiger charge is -2.31. The Kier molecular flexibility index (Phi) is 2.98. The first-order valence-corrected chi connectivity index (χ1v) is 6.76. The van der Waals surface area contributed by atoms with E-state index in [0.717, 1.165) is 23.4 Å². The molecule has 0 radical (unpaired) electrons. The molecular formula is C15H19NO2. The van der Waals surface area contributed by atoms with Gasteiger partial charge in [0.15, 0.2) is 0 Å². The Morgan fingerprint density at radius 2 is 2.06 bits per heavy atom. The molecule has 0 saturated heterocycles. The number of hydrogen-bond donors (Lipinski definition) is 1. The summed E-state index contributed by atoms with van der Waals surface area (Å²) in [4.78, 5) is 11.9. The van der Waals surface area contributed by atoms with Crippen LogP contribution in [-0.4, -0.2) is 19.6 Å². The van der Waals surface area contributed by atoms with E-state index >= 15 is 0 Å². The lowest BCUT2D eigenvalue weighted by atomic mass is 9.80. The van der Waals surface area contributed by atoms with E-state index < -0.39 is 0 Å². The van der Waals surface area contributed by atoms with Crippen LogP contribution in [0.3, 0.4) is 0 Å². The van der Waals surface area contributed by atoms with Gasteiger partial charge in [0.2, 0.25) is 0 Å². The number of carbonyl (C=O) groups excluding carboxylic acids is 1. The van der Waals surface area contributed by atoms with Crippen molar-refractivity contribution in [3.63, 3.8) is 0 Å². The highest BCUT2D eigenvalue weighted by atomic mass is 16.5. The maximum Gasteiger partial charge on any atom is 0.251 e. The van der Waals surface area contributed by atoms with Crippen LogP contribution in [0.1, 0.15) is 47.5 Å². The number of hydrogen-bond acceptors (Lipinski definition) is 2. The molecule has 1 aromatic rings. The van der Waals surface area contributed by atoms with Crippen molar-refractivity contribution in [1.29, 1.82) is 0 Å². The van der Waals surface area contributed by atoms with Gasteiger partial charge in [-0.2, -0.15) is 0 Å². The van der Waals surface area contributed by atoms with Crippen LogP contribution in [0.4, 0.5) is 0 Å². The van der Waals surface area contributed by atoms with Crippen molar-refractivity contribution in [1.82, 2.24) is 5.32 Å². The normalized spacial score (nSPS) is 23.6. The summed E-state index contributed by atoms with van der Waals surface area (Å²) in [5, 5.41) is 3.02. The van der Waals surface area contributed by atoms with Gasteiger partial charge in [-0.15, -0.1) is 0 Å². The molecule has 1 aliphatic carbocycles. The summed E-state index contributed by atoms with van der Waals surface area (Å²) < 4.78 is 5.47. The zero-order chi connectivity index (χ0) is 12.5. The molecule has 3 heteroatoms. The number of amides is 1. The fourth-order valence-corrected chi connectivity index (χ4v) is 3.46. The van der Waals surface area contributed by atoms with Crippen molar-refractivity contribution in [3.05, 3.63) is 29.3 Å². The third-order valence-corrected chi connectivity index (χ3v) is 4.35. The molecule has 3 rings (SSSR count). The molecule has 1 fully saturated rings. The largest absolute Gasteiger partial charge is 0.496 e. The van der Waals surface area contributed by atoms with E-state index in [9.17, 15) is 4.79 Å². The van der Waals surface area contributed by atoms with Gasteiger partial charge in [-0.25, -0.2) is 0 Å². The zero-order valence-corrected chi connectivity index (χ0v) is 10.7. The fraction of sp³-hybridized carbons (Fsp3) is 0.533. The number of ether oxygens (including phenoxy) is 1. The third kappa shape index (κ3) is 1.78. The van der Waals surface area contributed by atoms with E-state index in [1.54, 1.807) is 7.11 Å². The standard InChI is InChI=1S/C15H19NO2/c1-18-13-8-4-7-11-14(13)12(9-16-15(11)17)10-5-2-3-6-10/h4,7-8,10,12H,2-3,5-6,9H2,1H3,(H,16,17). The Morgan fingerprint density at radius 1 is 1.28 bits per heavy atom. The van der Waals surface area contributed by atoms with Crippen LogP contribution in [0, 0.1) is 5.92 Å². The van der Waals surface area contributed by atoms with Gasteiger partial charge in [0, 0.05) is 23.6 Å². The van der Waals surface area contributed by atoms with E-state index in [1.807, 2.05) is 18.2 Å². The summed E-state index contributed by atoms with van der Waals surface area (Å²) in [6, 6.07) is 5.78. The Hall–Kier alpha value is -1.51. The highest BCUT2D eigenvalue weighted by Crippen LogP contribution is 2.43. The van der Waals surface area contributed by atoms with Crippen molar-refractivity contribution in [2.75, 3.05) is 13.7 Å². The van der Waals surface area contributed by atoms with Crippen LogP contribution < -0.4 is 10.1 Å². The predicted octanol–water partition coefficient (Wildman–Crippen LogP) is 2.71. The molecule has 0 bridgehead atoms. The quantitative estimate of drug-likeness (QED) is 0.870. The van der Waals surface area contributed by atoms with Crippen molar-refractivity contribution < 1.29 is 9.53 Å². The molecule has 0 spiro atoms. The number of nitrogens with one attached hydrogen (secondary N) is 1. The van der Waals surface area contributed by atoms with Crippen LogP contribution in [0.25, 0.3) is 0 Å². The minimum atomic E-state index is 0.0400. The van der Waals surface area contributed by atoms with Crippen molar-refractivity contribution in [2.45, 2.75) is 31.6 Å². The van der Waals surface area contributed by atoms with Crippen LogP contribution >= 0.6 is 0 Å². The number of methoxy groups -OCH3 is 1. The average Bonchev–Trinajstić information content (AvgIpc) is 2.92. The van der Waals surface area contributed by atoms with Gasteiger partial charge >= 0.3 is 0 Å². The van der Waals surface area contributed by atoms with Crippen LogP contribution in [0.5, 0.6) is 5.75 Å². The summed E-state index contributed by atoms with van der Waals surface area (Å²) in [6.45, 7) is 0.761. The fourth-order valence-electron chi connectivity index (χ4n) is 3.46. The smallest absolute Gasteiger partial charge is 0.251 e. The molecule has 1 unspecified atom stereocenters. The number of rotatable bonds is 2. The van der Waals surface area contributed by atoms with E-state index in [4.69, 9.17) is 4.74 Å². The molecule has 1 N–H and O–H groups in total. The van der Waals surface area contributed by atoms with Gasteiger partial charge in [-0.1, -0.05) is 18.9 Å². The van der Waals surface area contributed by atoms with E-state index in [0.29, 0.717) is 11.8 Å². The molecule has 1 aliphatic heterocycles. The predicted molar refractivity (Wildman–Crippen MR) is 70.0 cm³/mol. The molecular weight excluding hydrogens is 226 g/mol. The molecule has 3 nitrogen and oxygen atoms in total. The molecule has 1 saturated carbocycles. The van der Waals surface area contributed by atoms with E-state index in [2.05, 4.69) is 5.32 Å². The second kappa shape index (κ2) is 4.63. The van der Waals surface area contributed by atoms with Crippen molar-refractivity contribution in [3.8, 4) is 5.75 Å². The van der Waals surface area contributed by atoms with Crippen molar-refractivity contribution >= 4 is 5.91 Å². The minimum absolute atomic E-state index is 0.0400. The zero-order valence-electron chi connectivity index (χ0n) is 10.7. The number of fused-ring (bicyclic) bond motifs is 1. The number of benzene rings is 1. The summed E-state index contributed by atoms with van der Waals surface area (Å²) in [5.41, 5.74) is 1.94. The Balaban J connectivity index is 2.05. The minimum Gasteiger partial charge on any atom is -0.496 e. The molecule has 1 atom stereocenters. The topological polar surface area (TPSA) is 38.3 Å². The first kappa shape index (κ1) is 11.6.